The summed E-state index contributed by atoms with van der Waals surface area (Å²) in [7, 11) is -1.85. The first-order valence-corrected chi connectivity index (χ1v) is 13.5. The second-order valence-corrected chi connectivity index (χ2v) is 15.3. The average Bonchev–Trinajstić information content (AvgIpc) is 2.54. The van der Waals surface area contributed by atoms with Gasteiger partial charge >= 0.3 is 6.09 Å². The maximum Gasteiger partial charge on any atom is 0.412 e. The molecule has 0 saturated heterocycles. The summed E-state index contributed by atoms with van der Waals surface area (Å²) in [5.74, 6) is 0. The normalized spacial score (nSPS) is 21.0. The number of rotatable bonds is 4. The molecule has 2 rings (SSSR count). The minimum atomic E-state index is -1.85. The van der Waals surface area contributed by atoms with E-state index < -0.39 is 20.0 Å². The van der Waals surface area contributed by atoms with Gasteiger partial charge in [-0.2, -0.15) is 0 Å². The molecule has 1 fully saturated rings. The van der Waals surface area contributed by atoms with Crippen molar-refractivity contribution in [3.8, 4) is 0 Å². The van der Waals surface area contributed by atoms with Gasteiger partial charge in [0, 0.05) is 18.3 Å². The summed E-state index contributed by atoms with van der Waals surface area (Å²) in [6.45, 7) is 16.7. The molecule has 2 atom stereocenters. The molecule has 6 nitrogen and oxygen atoms in total. The molecule has 0 bridgehead atoms. The molecule has 1 aromatic heterocycles. The maximum absolute atomic E-state index is 13.0. The summed E-state index contributed by atoms with van der Waals surface area (Å²) in [6, 6.07) is 3.49. The van der Waals surface area contributed by atoms with Crippen molar-refractivity contribution in [2.45, 2.75) is 103 Å². The number of carbonyl (C=O) groups excluding carboxylic acids is 1. The fourth-order valence-corrected chi connectivity index (χ4v) is 4.78. The van der Waals surface area contributed by atoms with Gasteiger partial charge in [-0.3, -0.25) is 10.1 Å². The van der Waals surface area contributed by atoms with Crippen LogP contribution in [0.1, 0.15) is 73.3 Å². The van der Waals surface area contributed by atoms with E-state index >= 15 is 0 Å². The van der Waals surface area contributed by atoms with Gasteiger partial charge in [0.05, 0.1) is 0 Å². The zero-order chi connectivity index (χ0) is 22.0. The highest BCUT2D eigenvalue weighted by Crippen LogP contribution is 2.40. The quantitative estimate of drug-likeness (QED) is 0.632. The monoisotopic (exact) mass is 422 g/mol. The number of carbonyl (C=O) groups is 1. The van der Waals surface area contributed by atoms with Gasteiger partial charge in [0.25, 0.3) is 5.56 Å². The third-order valence-corrected chi connectivity index (χ3v) is 10.4. The molecule has 1 aromatic rings. The van der Waals surface area contributed by atoms with Crippen molar-refractivity contribution in [1.82, 2.24) is 4.57 Å². The molecule has 7 heteroatoms. The van der Waals surface area contributed by atoms with Crippen molar-refractivity contribution in [3.05, 3.63) is 28.7 Å². The van der Waals surface area contributed by atoms with E-state index in [1.165, 1.54) is 0 Å². The van der Waals surface area contributed by atoms with Crippen LogP contribution in [0.3, 0.4) is 0 Å². The topological polar surface area (TPSA) is 69.6 Å². The van der Waals surface area contributed by atoms with Crippen molar-refractivity contribution in [2.24, 2.45) is 0 Å². The summed E-state index contributed by atoms with van der Waals surface area (Å²) in [5.41, 5.74) is -0.569. The van der Waals surface area contributed by atoms with Crippen molar-refractivity contribution < 1.29 is 14.0 Å². The molecule has 1 heterocycles. The van der Waals surface area contributed by atoms with Gasteiger partial charge in [-0.15, -0.1) is 0 Å². The Morgan fingerprint density at radius 3 is 2.41 bits per heavy atom. The van der Waals surface area contributed by atoms with Crippen LogP contribution >= 0.6 is 0 Å². The van der Waals surface area contributed by atoms with E-state index in [0.717, 1.165) is 25.7 Å². The maximum atomic E-state index is 13.0. The first-order valence-electron chi connectivity index (χ1n) is 10.6. The third kappa shape index (κ3) is 6.44. The SMILES string of the molecule is CC(C)(C)OC(=O)Nc1cccn([C@H]2CCCC(O[Si](C)(C)C(C)(C)C)C2)c1=O. The lowest BCUT2D eigenvalue weighted by Crippen LogP contribution is -2.45. The number of hydrogen-bond acceptors (Lipinski definition) is 4. The molecule has 1 aliphatic rings. The van der Waals surface area contributed by atoms with Gasteiger partial charge < -0.3 is 13.7 Å². The molecule has 1 saturated carbocycles. The van der Waals surface area contributed by atoms with Gasteiger partial charge in [-0.1, -0.05) is 20.8 Å². The third-order valence-electron chi connectivity index (χ3n) is 5.87. The van der Waals surface area contributed by atoms with E-state index in [4.69, 9.17) is 9.16 Å². The number of anilines is 1. The Morgan fingerprint density at radius 2 is 1.83 bits per heavy atom. The molecule has 29 heavy (non-hydrogen) atoms. The van der Waals surface area contributed by atoms with Crippen LogP contribution in [0.5, 0.6) is 0 Å². The predicted molar refractivity (Wildman–Crippen MR) is 120 cm³/mol. The smallest absolute Gasteiger partial charge is 0.412 e. The molecule has 0 aromatic carbocycles. The van der Waals surface area contributed by atoms with Crippen LogP contribution in [0.4, 0.5) is 10.5 Å². The number of amides is 1. The Balaban J connectivity index is 2.14. The lowest BCUT2D eigenvalue weighted by molar-refractivity contribution is 0.0635. The van der Waals surface area contributed by atoms with Crippen molar-refractivity contribution in [3.63, 3.8) is 0 Å². The molecule has 1 amide bonds. The van der Waals surface area contributed by atoms with Crippen LogP contribution in [0.2, 0.25) is 18.1 Å². The summed E-state index contributed by atoms with van der Waals surface area (Å²) in [4.78, 5) is 25.1. The second kappa shape index (κ2) is 8.64. The summed E-state index contributed by atoms with van der Waals surface area (Å²) < 4.78 is 13.6. The van der Waals surface area contributed by atoms with E-state index in [0.29, 0.717) is 0 Å². The van der Waals surface area contributed by atoms with Crippen molar-refractivity contribution in [2.75, 3.05) is 5.32 Å². The van der Waals surface area contributed by atoms with Crippen LogP contribution in [-0.2, 0) is 9.16 Å². The van der Waals surface area contributed by atoms with Crippen LogP contribution in [-0.4, -0.2) is 30.7 Å². The van der Waals surface area contributed by atoms with E-state index in [9.17, 15) is 9.59 Å². The minimum absolute atomic E-state index is 0.0754. The first-order chi connectivity index (χ1) is 13.2. The van der Waals surface area contributed by atoms with E-state index in [1.54, 1.807) is 37.5 Å². The van der Waals surface area contributed by atoms with Gasteiger partial charge in [0.2, 0.25) is 0 Å². The van der Waals surface area contributed by atoms with E-state index in [2.05, 4.69) is 39.2 Å². The van der Waals surface area contributed by atoms with Gasteiger partial charge in [-0.05, 0) is 76.7 Å². The molecule has 1 aliphatic carbocycles. The Kier molecular flexibility index (Phi) is 7.05. The molecular weight excluding hydrogens is 384 g/mol. The Hall–Kier alpha value is -1.60. The zero-order valence-electron chi connectivity index (χ0n) is 19.3. The van der Waals surface area contributed by atoms with Crippen LogP contribution in [0, 0.1) is 0 Å². The fourth-order valence-electron chi connectivity index (χ4n) is 3.38. The standard InChI is InChI=1S/C22H38N2O4Si/c1-21(2,3)27-20(26)23-18-13-10-14-24(19(18)25)16-11-9-12-17(15-16)28-29(7,8)22(4,5)6/h10,13-14,16-17H,9,11-12,15H2,1-8H3,(H,23,26)/t16-,17?/m0/s1. The Bertz CT molecular complexity index is 774. The molecule has 0 radical (unpaired) electrons. The predicted octanol–water partition coefficient (Wildman–Crippen LogP) is 5.70. The van der Waals surface area contributed by atoms with Gasteiger partial charge in [-0.25, -0.2) is 4.79 Å². The molecule has 1 N–H and O–H groups in total. The molecule has 164 valence electrons. The molecule has 1 unspecified atom stereocenters. The average molecular weight is 423 g/mol. The largest absolute Gasteiger partial charge is 0.444 e. The number of nitrogens with zero attached hydrogens (tertiary/aromatic N) is 1. The minimum Gasteiger partial charge on any atom is -0.444 e. The Morgan fingerprint density at radius 1 is 1.17 bits per heavy atom. The molecule has 0 spiro atoms. The Labute approximate surface area is 176 Å². The zero-order valence-corrected chi connectivity index (χ0v) is 20.3. The fraction of sp³-hybridized carbons (Fsp3) is 0.727. The van der Waals surface area contributed by atoms with Crippen LogP contribution in [0.15, 0.2) is 23.1 Å². The highest BCUT2D eigenvalue weighted by molar-refractivity contribution is 6.74. The van der Waals surface area contributed by atoms with Gasteiger partial charge in [0.15, 0.2) is 8.32 Å². The molecule has 0 aliphatic heterocycles. The summed E-state index contributed by atoms with van der Waals surface area (Å²) in [5, 5.41) is 2.76. The van der Waals surface area contributed by atoms with Gasteiger partial charge in [0.1, 0.15) is 11.3 Å². The van der Waals surface area contributed by atoms with E-state index in [-0.39, 0.29) is 28.4 Å². The summed E-state index contributed by atoms with van der Waals surface area (Å²) in [6.07, 6.45) is 5.18. The number of hydrogen-bond donors (Lipinski definition) is 1. The number of aromatic nitrogens is 1. The number of nitrogens with one attached hydrogen (secondary N) is 1. The highest BCUT2D eigenvalue weighted by atomic mass is 28.4. The highest BCUT2D eigenvalue weighted by Gasteiger charge is 2.40. The number of ether oxygens (including phenoxy) is 1. The lowest BCUT2D eigenvalue weighted by atomic mass is 9.93. The number of pyridine rings is 1. The lowest BCUT2D eigenvalue weighted by Gasteiger charge is -2.41. The van der Waals surface area contributed by atoms with Crippen molar-refractivity contribution in [1.29, 1.82) is 0 Å². The van der Waals surface area contributed by atoms with Crippen molar-refractivity contribution >= 4 is 20.1 Å². The van der Waals surface area contributed by atoms with Crippen LogP contribution in [0.25, 0.3) is 0 Å². The van der Waals surface area contributed by atoms with Crippen LogP contribution < -0.4 is 10.9 Å². The van der Waals surface area contributed by atoms with E-state index in [1.807, 2.05) is 6.20 Å². The summed E-state index contributed by atoms with van der Waals surface area (Å²) >= 11 is 0. The molecular formula is C22H38N2O4Si. The first kappa shape index (κ1) is 23.7. The second-order valence-electron chi connectivity index (χ2n) is 10.6.